The predicted molar refractivity (Wildman–Crippen MR) is 77.8 cm³/mol. The third kappa shape index (κ3) is 3.10. The van der Waals surface area contributed by atoms with Gasteiger partial charge in [-0.3, -0.25) is 4.79 Å². The van der Waals surface area contributed by atoms with Crippen molar-refractivity contribution in [2.24, 2.45) is 0 Å². The number of aromatic carboxylic acids is 1. The number of rotatable bonds is 3. The van der Waals surface area contributed by atoms with Crippen molar-refractivity contribution in [3.8, 4) is 0 Å². The van der Waals surface area contributed by atoms with Crippen molar-refractivity contribution >= 4 is 40.8 Å². The maximum atomic E-state index is 12.1. The summed E-state index contributed by atoms with van der Waals surface area (Å²) >= 11 is 11.7. The van der Waals surface area contributed by atoms with E-state index in [2.05, 4.69) is 5.32 Å². The molecule has 6 heteroatoms. The molecule has 0 heterocycles. The third-order valence-corrected chi connectivity index (χ3v) is 3.14. The second kappa shape index (κ2) is 5.94. The number of carboxylic acids is 1. The number of nitrogens with one attached hydrogen (secondary N) is 1. The normalized spacial score (nSPS) is 10.1. The molecule has 0 atom stereocenters. The Bertz CT molecular complexity index is 686. The summed E-state index contributed by atoms with van der Waals surface area (Å²) in [4.78, 5) is 23.2. The molecule has 0 aromatic heterocycles. The molecule has 0 bridgehead atoms. The van der Waals surface area contributed by atoms with Crippen LogP contribution in [0.4, 0.5) is 5.69 Å². The number of carboxylic acid groups (broad SMARTS) is 1. The van der Waals surface area contributed by atoms with Crippen LogP contribution in [-0.4, -0.2) is 17.0 Å². The number of carbonyl (C=O) groups is 2. The number of benzene rings is 2. The molecule has 0 aliphatic carbocycles. The Morgan fingerprint density at radius 1 is 1.00 bits per heavy atom. The predicted octanol–water partition coefficient (Wildman–Crippen LogP) is 3.94. The van der Waals surface area contributed by atoms with Gasteiger partial charge in [-0.25, -0.2) is 4.79 Å². The molecule has 20 heavy (non-hydrogen) atoms. The maximum Gasteiger partial charge on any atom is 0.337 e. The molecule has 2 aromatic carbocycles. The van der Waals surface area contributed by atoms with Crippen molar-refractivity contribution in [1.82, 2.24) is 0 Å². The van der Waals surface area contributed by atoms with Gasteiger partial charge in [0.05, 0.1) is 21.8 Å². The van der Waals surface area contributed by atoms with E-state index < -0.39 is 11.9 Å². The van der Waals surface area contributed by atoms with E-state index in [4.69, 9.17) is 28.3 Å². The van der Waals surface area contributed by atoms with Crippen LogP contribution in [0.1, 0.15) is 20.7 Å². The summed E-state index contributed by atoms with van der Waals surface area (Å²) in [5.41, 5.74) is 0.338. The van der Waals surface area contributed by atoms with E-state index in [0.717, 1.165) is 0 Å². The van der Waals surface area contributed by atoms with Crippen LogP contribution in [0.5, 0.6) is 0 Å². The third-order valence-electron chi connectivity index (χ3n) is 2.58. The van der Waals surface area contributed by atoms with Gasteiger partial charge in [0.2, 0.25) is 0 Å². The quantitative estimate of drug-likeness (QED) is 0.902. The average Bonchev–Trinajstić information content (AvgIpc) is 2.41. The molecule has 0 aliphatic rings. The Morgan fingerprint density at radius 2 is 1.70 bits per heavy atom. The number of halogens is 2. The Morgan fingerprint density at radius 3 is 2.35 bits per heavy atom. The number of hydrogen-bond acceptors (Lipinski definition) is 2. The van der Waals surface area contributed by atoms with Crippen molar-refractivity contribution in [3.63, 3.8) is 0 Å². The molecule has 2 rings (SSSR count). The van der Waals surface area contributed by atoms with Gasteiger partial charge in [0.15, 0.2) is 0 Å². The first-order chi connectivity index (χ1) is 9.49. The van der Waals surface area contributed by atoms with Gasteiger partial charge in [-0.1, -0.05) is 35.3 Å². The summed E-state index contributed by atoms with van der Waals surface area (Å²) in [6.07, 6.45) is 0. The fourth-order valence-electron chi connectivity index (χ4n) is 1.64. The summed E-state index contributed by atoms with van der Waals surface area (Å²) in [6, 6.07) is 10.7. The van der Waals surface area contributed by atoms with Crippen molar-refractivity contribution in [2.45, 2.75) is 0 Å². The summed E-state index contributed by atoms with van der Waals surface area (Å²) in [5.74, 6) is -1.66. The van der Waals surface area contributed by atoms with E-state index in [-0.39, 0.29) is 26.9 Å². The summed E-state index contributed by atoms with van der Waals surface area (Å²) in [7, 11) is 0. The van der Waals surface area contributed by atoms with E-state index in [1.54, 1.807) is 24.3 Å². The highest BCUT2D eigenvalue weighted by Gasteiger charge is 2.15. The van der Waals surface area contributed by atoms with Crippen LogP contribution >= 0.6 is 23.2 Å². The summed E-state index contributed by atoms with van der Waals surface area (Å²) in [5, 5.41) is 12.2. The minimum atomic E-state index is -1.18. The SMILES string of the molecule is O=C(Nc1ccc(Cl)cc1C(=O)O)c1ccccc1Cl. The van der Waals surface area contributed by atoms with E-state index in [1.807, 2.05) is 0 Å². The molecule has 2 aromatic rings. The molecule has 0 saturated heterocycles. The lowest BCUT2D eigenvalue weighted by Gasteiger charge is -2.09. The fraction of sp³-hybridized carbons (Fsp3) is 0. The first kappa shape index (κ1) is 14.4. The molecule has 1 amide bonds. The molecular weight excluding hydrogens is 301 g/mol. The zero-order chi connectivity index (χ0) is 14.7. The van der Waals surface area contributed by atoms with Gasteiger partial charge in [-0.05, 0) is 30.3 Å². The highest BCUT2D eigenvalue weighted by molar-refractivity contribution is 6.34. The minimum Gasteiger partial charge on any atom is -0.478 e. The fourth-order valence-corrected chi connectivity index (χ4v) is 2.03. The van der Waals surface area contributed by atoms with Gasteiger partial charge in [-0.2, -0.15) is 0 Å². The van der Waals surface area contributed by atoms with Crippen molar-refractivity contribution < 1.29 is 14.7 Å². The van der Waals surface area contributed by atoms with Crippen molar-refractivity contribution in [3.05, 3.63) is 63.6 Å². The second-order valence-electron chi connectivity index (χ2n) is 3.93. The van der Waals surface area contributed by atoms with Gasteiger partial charge in [0.1, 0.15) is 0 Å². The smallest absolute Gasteiger partial charge is 0.337 e. The Balaban J connectivity index is 2.33. The van der Waals surface area contributed by atoms with Crippen LogP contribution in [0.3, 0.4) is 0 Å². The molecule has 0 unspecified atom stereocenters. The molecule has 0 radical (unpaired) electrons. The zero-order valence-corrected chi connectivity index (χ0v) is 11.6. The van der Waals surface area contributed by atoms with Crippen LogP contribution in [0.2, 0.25) is 10.0 Å². The largest absolute Gasteiger partial charge is 0.478 e. The van der Waals surface area contributed by atoms with Gasteiger partial charge in [-0.15, -0.1) is 0 Å². The Labute approximate surface area is 124 Å². The number of amides is 1. The van der Waals surface area contributed by atoms with Crippen LogP contribution < -0.4 is 5.32 Å². The lowest BCUT2D eigenvalue weighted by atomic mass is 10.1. The second-order valence-corrected chi connectivity index (χ2v) is 4.77. The van der Waals surface area contributed by atoms with E-state index >= 15 is 0 Å². The highest BCUT2D eigenvalue weighted by Crippen LogP contribution is 2.23. The first-order valence-electron chi connectivity index (χ1n) is 5.58. The molecule has 0 aliphatic heterocycles. The number of hydrogen-bond donors (Lipinski definition) is 2. The molecule has 0 spiro atoms. The molecule has 0 saturated carbocycles. The highest BCUT2D eigenvalue weighted by atomic mass is 35.5. The van der Waals surface area contributed by atoms with E-state index in [1.165, 1.54) is 18.2 Å². The summed E-state index contributed by atoms with van der Waals surface area (Å²) in [6.45, 7) is 0. The minimum absolute atomic E-state index is 0.0853. The van der Waals surface area contributed by atoms with Crippen LogP contribution in [-0.2, 0) is 0 Å². The van der Waals surface area contributed by atoms with Gasteiger partial charge < -0.3 is 10.4 Å². The van der Waals surface area contributed by atoms with Crippen molar-refractivity contribution in [2.75, 3.05) is 5.32 Å². The Hall–Kier alpha value is -2.04. The lowest BCUT2D eigenvalue weighted by Crippen LogP contribution is -2.15. The molecular formula is C14H9Cl2NO3. The standard InChI is InChI=1S/C14H9Cl2NO3/c15-8-5-6-12(10(7-8)14(19)20)17-13(18)9-3-1-2-4-11(9)16/h1-7H,(H,17,18)(H,19,20). The van der Waals surface area contributed by atoms with Crippen LogP contribution in [0.15, 0.2) is 42.5 Å². The average molecular weight is 310 g/mol. The van der Waals surface area contributed by atoms with Crippen LogP contribution in [0, 0.1) is 0 Å². The topological polar surface area (TPSA) is 66.4 Å². The molecule has 102 valence electrons. The molecule has 0 fully saturated rings. The van der Waals surface area contributed by atoms with E-state index in [9.17, 15) is 9.59 Å². The number of carbonyl (C=O) groups excluding carboxylic acids is 1. The maximum absolute atomic E-state index is 12.1. The number of anilines is 1. The molecule has 4 nitrogen and oxygen atoms in total. The molecule has 2 N–H and O–H groups in total. The van der Waals surface area contributed by atoms with Gasteiger partial charge in [0, 0.05) is 5.02 Å². The summed E-state index contributed by atoms with van der Waals surface area (Å²) < 4.78 is 0. The van der Waals surface area contributed by atoms with Gasteiger partial charge >= 0.3 is 5.97 Å². The van der Waals surface area contributed by atoms with E-state index in [0.29, 0.717) is 0 Å². The van der Waals surface area contributed by atoms with Crippen LogP contribution in [0.25, 0.3) is 0 Å². The first-order valence-corrected chi connectivity index (χ1v) is 6.33. The van der Waals surface area contributed by atoms with Gasteiger partial charge in [0.25, 0.3) is 5.91 Å². The lowest BCUT2D eigenvalue weighted by molar-refractivity contribution is 0.0698. The van der Waals surface area contributed by atoms with Crippen molar-refractivity contribution in [1.29, 1.82) is 0 Å². The zero-order valence-electron chi connectivity index (χ0n) is 10.1. The monoisotopic (exact) mass is 309 g/mol. The Kier molecular flexibility index (Phi) is 4.27.